The first-order valence-electron chi connectivity index (χ1n) is 9.91. The second-order valence-electron chi connectivity index (χ2n) is 7.56. The summed E-state index contributed by atoms with van der Waals surface area (Å²) in [6.07, 6.45) is 1.75. The predicted molar refractivity (Wildman–Crippen MR) is 112 cm³/mol. The fourth-order valence-electron chi connectivity index (χ4n) is 4.33. The molecular formula is C22H22N2O4S. The number of para-hydroxylation sites is 1. The summed E-state index contributed by atoms with van der Waals surface area (Å²) < 4.78 is 11.7. The third kappa shape index (κ3) is 2.79. The summed E-state index contributed by atoms with van der Waals surface area (Å²) in [7, 11) is 0. The first kappa shape index (κ1) is 18.4. The highest BCUT2D eigenvalue weighted by Gasteiger charge is 2.57. The molecular weight excluding hydrogens is 388 g/mol. The molecule has 2 amide bonds. The van der Waals surface area contributed by atoms with Crippen LogP contribution in [0.4, 0.5) is 11.4 Å². The lowest BCUT2D eigenvalue weighted by molar-refractivity contribution is -0.121. The molecule has 0 bridgehead atoms. The Balaban J connectivity index is 1.50. The molecule has 2 aromatic carbocycles. The van der Waals surface area contributed by atoms with Crippen LogP contribution in [0.5, 0.6) is 11.5 Å². The van der Waals surface area contributed by atoms with Crippen molar-refractivity contribution in [3.05, 3.63) is 42.0 Å². The van der Waals surface area contributed by atoms with Gasteiger partial charge in [0, 0.05) is 29.4 Å². The highest BCUT2D eigenvalue weighted by Crippen LogP contribution is 2.56. The topological polar surface area (TPSA) is 67.9 Å². The van der Waals surface area contributed by atoms with E-state index in [-0.39, 0.29) is 17.9 Å². The van der Waals surface area contributed by atoms with Crippen LogP contribution in [0.25, 0.3) is 0 Å². The van der Waals surface area contributed by atoms with Crippen LogP contribution in [0.2, 0.25) is 0 Å². The Morgan fingerprint density at radius 2 is 2.21 bits per heavy atom. The smallest absolute Gasteiger partial charge is 0.261 e. The molecule has 3 heterocycles. The summed E-state index contributed by atoms with van der Waals surface area (Å²) in [5.74, 6) is 1.17. The van der Waals surface area contributed by atoms with Gasteiger partial charge in [-0.25, -0.2) is 0 Å². The molecule has 0 radical (unpaired) electrons. The quantitative estimate of drug-likeness (QED) is 0.826. The van der Waals surface area contributed by atoms with E-state index in [0.29, 0.717) is 30.9 Å². The Labute approximate surface area is 173 Å². The van der Waals surface area contributed by atoms with Crippen LogP contribution in [0, 0.1) is 0 Å². The first-order chi connectivity index (χ1) is 14.0. The van der Waals surface area contributed by atoms with Crippen molar-refractivity contribution < 1.29 is 19.1 Å². The van der Waals surface area contributed by atoms with Crippen molar-refractivity contribution in [2.24, 2.45) is 0 Å². The predicted octanol–water partition coefficient (Wildman–Crippen LogP) is 3.98. The van der Waals surface area contributed by atoms with E-state index >= 15 is 0 Å². The number of ether oxygens (including phenoxy) is 2. The largest absolute Gasteiger partial charge is 0.492 e. The van der Waals surface area contributed by atoms with Gasteiger partial charge in [0.2, 0.25) is 5.91 Å². The number of benzene rings is 2. The van der Waals surface area contributed by atoms with Gasteiger partial charge in [-0.2, -0.15) is 0 Å². The Morgan fingerprint density at radius 3 is 3.03 bits per heavy atom. The van der Waals surface area contributed by atoms with E-state index in [2.05, 4.69) is 5.32 Å². The van der Waals surface area contributed by atoms with Gasteiger partial charge in [0.05, 0.1) is 18.0 Å². The third-order valence-electron chi connectivity index (χ3n) is 5.57. The van der Waals surface area contributed by atoms with Crippen LogP contribution in [0.3, 0.4) is 0 Å². The molecule has 1 fully saturated rings. The number of nitrogens with zero attached hydrogens (tertiary/aromatic N) is 1. The zero-order valence-corrected chi connectivity index (χ0v) is 17.2. The van der Waals surface area contributed by atoms with Crippen LogP contribution in [0.15, 0.2) is 41.3 Å². The number of carbonyl (C=O) groups excluding carboxylic acids is 2. The highest BCUT2D eigenvalue weighted by molar-refractivity contribution is 8.02. The van der Waals surface area contributed by atoms with E-state index in [4.69, 9.17) is 9.47 Å². The van der Waals surface area contributed by atoms with Crippen LogP contribution in [0.1, 0.15) is 32.3 Å². The molecule has 1 saturated heterocycles. The summed E-state index contributed by atoms with van der Waals surface area (Å²) in [6.45, 7) is 4.43. The summed E-state index contributed by atoms with van der Waals surface area (Å²) in [5.41, 5.74) is 2.47. The number of carbonyl (C=O) groups is 2. The van der Waals surface area contributed by atoms with Crippen LogP contribution in [-0.2, 0) is 16.0 Å². The monoisotopic (exact) mass is 410 g/mol. The minimum absolute atomic E-state index is 0.0197. The van der Waals surface area contributed by atoms with Gasteiger partial charge in [0.25, 0.3) is 5.91 Å². The lowest BCUT2D eigenvalue weighted by Crippen LogP contribution is -2.49. The summed E-state index contributed by atoms with van der Waals surface area (Å²) in [5, 5.41) is 3.04. The lowest BCUT2D eigenvalue weighted by atomic mass is 10.1. The van der Waals surface area contributed by atoms with Crippen molar-refractivity contribution >= 4 is 35.0 Å². The van der Waals surface area contributed by atoms with Crippen molar-refractivity contribution in [2.45, 2.75) is 49.0 Å². The molecule has 3 aliphatic heterocycles. The number of nitrogens with one attached hydrogen (secondary N) is 1. The summed E-state index contributed by atoms with van der Waals surface area (Å²) >= 11 is 1.45. The Bertz CT molecular complexity index is 1020. The zero-order chi connectivity index (χ0) is 20.2. The fraction of sp³-hybridized carbons (Fsp3) is 0.364. The van der Waals surface area contributed by atoms with E-state index in [9.17, 15) is 9.59 Å². The van der Waals surface area contributed by atoms with Crippen LogP contribution < -0.4 is 19.7 Å². The molecule has 7 heteroatoms. The fourth-order valence-corrected chi connectivity index (χ4v) is 5.74. The number of thioether (sulfide) groups is 1. The molecule has 1 N–H and O–H groups in total. The van der Waals surface area contributed by atoms with Crippen molar-refractivity contribution in [2.75, 3.05) is 16.8 Å². The van der Waals surface area contributed by atoms with E-state index in [1.54, 1.807) is 4.90 Å². The van der Waals surface area contributed by atoms with E-state index in [1.807, 2.05) is 50.2 Å². The number of rotatable bonds is 4. The molecule has 3 aliphatic rings. The number of anilines is 2. The summed E-state index contributed by atoms with van der Waals surface area (Å²) in [6, 6.07) is 11.5. The molecule has 0 saturated carbocycles. The number of hydrogen-bond donors (Lipinski definition) is 1. The van der Waals surface area contributed by atoms with Crippen molar-refractivity contribution in [1.29, 1.82) is 0 Å². The average Bonchev–Trinajstić information content (AvgIpc) is 3.33. The van der Waals surface area contributed by atoms with Gasteiger partial charge in [-0.05, 0) is 38.5 Å². The Hall–Kier alpha value is -2.67. The molecule has 150 valence electrons. The van der Waals surface area contributed by atoms with Gasteiger partial charge in [0.15, 0.2) is 4.87 Å². The number of fused-ring (bicyclic) bond motifs is 4. The van der Waals surface area contributed by atoms with E-state index < -0.39 is 4.87 Å². The zero-order valence-electron chi connectivity index (χ0n) is 16.4. The number of hydrogen-bond acceptors (Lipinski definition) is 5. The second-order valence-corrected chi connectivity index (χ2v) is 8.88. The van der Waals surface area contributed by atoms with Crippen molar-refractivity contribution in [3.63, 3.8) is 0 Å². The van der Waals surface area contributed by atoms with E-state index in [1.165, 1.54) is 11.8 Å². The minimum Gasteiger partial charge on any atom is -0.492 e. The van der Waals surface area contributed by atoms with Crippen molar-refractivity contribution in [1.82, 2.24) is 0 Å². The maximum Gasteiger partial charge on any atom is 0.261 e. The molecule has 6 nitrogen and oxygen atoms in total. The average molecular weight is 410 g/mol. The molecule has 0 aliphatic carbocycles. The molecule has 2 aromatic rings. The maximum absolute atomic E-state index is 13.5. The van der Waals surface area contributed by atoms with Gasteiger partial charge in [-0.15, -0.1) is 0 Å². The SMILES string of the molecule is CCOc1cc2c(cc1NC(=O)C13CCC(=O)N1c1ccccc1S3)OC(C)C2. The Morgan fingerprint density at radius 1 is 1.38 bits per heavy atom. The molecule has 2 unspecified atom stereocenters. The van der Waals surface area contributed by atoms with Gasteiger partial charge in [-0.1, -0.05) is 23.9 Å². The minimum atomic E-state index is -0.961. The normalized spacial score (nSPS) is 24.0. The Kier molecular flexibility index (Phi) is 4.24. The van der Waals surface area contributed by atoms with Gasteiger partial charge in [0.1, 0.15) is 17.6 Å². The third-order valence-corrected chi connectivity index (χ3v) is 7.05. The highest BCUT2D eigenvalue weighted by atomic mass is 32.2. The molecule has 0 aromatic heterocycles. The maximum atomic E-state index is 13.5. The van der Waals surface area contributed by atoms with E-state index in [0.717, 1.165) is 28.3 Å². The first-order valence-corrected chi connectivity index (χ1v) is 10.7. The molecule has 29 heavy (non-hydrogen) atoms. The van der Waals surface area contributed by atoms with Gasteiger partial charge in [-0.3, -0.25) is 14.5 Å². The molecule has 0 spiro atoms. The number of amides is 2. The van der Waals surface area contributed by atoms with Gasteiger partial charge < -0.3 is 14.8 Å². The van der Waals surface area contributed by atoms with Crippen LogP contribution in [-0.4, -0.2) is 29.4 Å². The lowest BCUT2D eigenvalue weighted by Gasteiger charge is -2.30. The molecule has 2 atom stereocenters. The van der Waals surface area contributed by atoms with Crippen LogP contribution >= 0.6 is 11.8 Å². The summed E-state index contributed by atoms with van der Waals surface area (Å²) in [4.78, 5) is 27.8. The van der Waals surface area contributed by atoms with Crippen molar-refractivity contribution in [3.8, 4) is 11.5 Å². The van der Waals surface area contributed by atoms with Gasteiger partial charge >= 0.3 is 0 Å². The standard InChI is InChI=1S/C22H22N2O4S/c1-3-27-18-11-14-10-13(2)28-17(14)12-15(18)23-21(26)22-9-8-20(25)24(22)16-6-4-5-7-19(16)29-22/h4-7,11-13H,3,8-10H2,1-2H3,(H,23,26). The molecule has 5 rings (SSSR count). The second kappa shape index (κ2) is 6.69.